The molecule has 0 fully saturated rings. The average molecular weight is 377 g/mol. The largest absolute Gasteiger partial charge is 0.383 e. The molecule has 2 aromatic rings. The third-order valence-electron chi connectivity index (χ3n) is 3.31. The number of rotatable bonds is 6. The van der Waals surface area contributed by atoms with Gasteiger partial charge in [-0.25, -0.2) is 4.98 Å². The van der Waals surface area contributed by atoms with Crippen molar-refractivity contribution in [1.29, 1.82) is 0 Å². The normalized spacial score (nSPS) is 10.7. The number of aryl methyl sites for hydroxylation is 1. The smallest absolute Gasteiger partial charge is 0.274 e. The lowest BCUT2D eigenvalue weighted by atomic mass is 10.2. The minimum atomic E-state index is -0.222. The monoisotopic (exact) mass is 376 g/mol. The SMILES string of the molecule is Cc1ccc(NC(=O)c2ccc(NCCN(C)C)cn2)cc1Br. The first-order chi connectivity index (χ1) is 11.0. The molecular weight excluding hydrogens is 356 g/mol. The predicted octanol–water partition coefficient (Wildman–Crippen LogP) is 3.38. The fourth-order valence-electron chi connectivity index (χ4n) is 1.92. The molecule has 0 aliphatic rings. The molecule has 1 amide bonds. The van der Waals surface area contributed by atoms with Crippen LogP contribution in [0.4, 0.5) is 11.4 Å². The molecule has 0 radical (unpaired) electrons. The van der Waals surface area contributed by atoms with E-state index >= 15 is 0 Å². The standard InChI is InChI=1S/C17H21BrN4O/c1-12-4-5-13(10-15(12)18)21-17(23)16-7-6-14(11-20-16)19-8-9-22(2)3/h4-7,10-11,19H,8-9H2,1-3H3,(H,21,23). The van der Waals surface area contributed by atoms with Gasteiger partial charge < -0.3 is 15.5 Å². The summed E-state index contributed by atoms with van der Waals surface area (Å²) >= 11 is 3.46. The molecule has 1 aromatic carbocycles. The van der Waals surface area contributed by atoms with Crippen molar-refractivity contribution in [2.75, 3.05) is 37.8 Å². The maximum atomic E-state index is 12.2. The Labute approximate surface area is 145 Å². The van der Waals surface area contributed by atoms with Crippen LogP contribution < -0.4 is 10.6 Å². The minimum absolute atomic E-state index is 0.222. The molecule has 6 heteroatoms. The molecule has 2 N–H and O–H groups in total. The Hall–Kier alpha value is -1.92. The highest BCUT2D eigenvalue weighted by atomic mass is 79.9. The summed E-state index contributed by atoms with van der Waals surface area (Å²) in [4.78, 5) is 18.5. The van der Waals surface area contributed by atoms with Crippen LogP contribution in [0.5, 0.6) is 0 Å². The number of halogens is 1. The van der Waals surface area contributed by atoms with Gasteiger partial charge in [0.2, 0.25) is 0 Å². The van der Waals surface area contributed by atoms with Gasteiger partial charge in [-0.05, 0) is 50.8 Å². The van der Waals surface area contributed by atoms with Crippen LogP contribution in [0.15, 0.2) is 41.0 Å². The molecule has 0 saturated heterocycles. The lowest BCUT2D eigenvalue weighted by Gasteiger charge is -2.11. The molecule has 23 heavy (non-hydrogen) atoms. The van der Waals surface area contributed by atoms with E-state index in [1.165, 1.54) is 0 Å². The van der Waals surface area contributed by atoms with Gasteiger partial charge in [-0.1, -0.05) is 22.0 Å². The van der Waals surface area contributed by atoms with Crippen LogP contribution >= 0.6 is 15.9 Å². The third kappa shape index (κ3) is 5.33. The van der Waals surface area contributed by atoms with Crippen molar-refractivity contribution in [3.8, 4) is 0 Å². The van der Waals surface area contributed by atoms with Gasteiger partial charge in [-0.15, -0.1) is 0 Å². The number of hydrogen-bond acceptors (Lipinski definition) is 4. The number of nitrogens with zero attached hydrogens (tertiary/aromatic N) is 2. The number of benzene rings is 1. The first-order valence-electron chi connectivity index (χ1n) is 7.38. The van der Waals surface area contributed by atoms with Crippen LogP contribution in [0, 0.1) is 6.92 Å². The minimum Gasteiger partial charge on any atom is -0.383 e. The summed E-state index contributed by atoms with van der Waals surface area (Å²) in [5.41, 5.74) is 3.15. The number of nitrogens with one attached hydrogen (secondary N) is 2. The second-order valence-electron chi connectivity index (χ2n) is 5.58. The zero-order valence-electron chi connectivity index (χ0n) is 13.6. The summed E-state index contributed by atoms with van der Waals surface area (Å²) in [6.07, 6.45) is 1.68. The molecule has 0 aliphatic carbocycles. The van der Waals surface area contributed by atoms with Crippen LogP contribution in [-0.4, -0.2) is 43.0 Å². The summed E-state index contributed by atoms with van der Waals surface area (Å²) < 4.78 is 0.962. The van der Waals surface area contributed by atoms with Crippen LogP contribution in [0.3, 0.4) is 0 Å². The van der Waals surface area contributed by atoms with Crippen LogP contribution in [0.2, 0.25) is 0 Å². The lowest BCUT2D eigenvalue weighted by Crippen LogP contribution is -2.21. The van der Waals surface area contributed by atoms with Crippen molar-refractivity contribution in [2.24, 2.45) is 0 Å². The van der Waals surface area contributed by atoms with Gasteiger partial charge in [0.25, 0.3) is 5.91 Å². The molecule has 0 spiro atoms. The van der Waals surface area contributed by atoms with Crippen molar-refractivity contribution in [1.82, 2.24) is 9.88 Å². The van der Waals surface area contributed by atoms with Crippen molar-refractivity contribution < 1.29 is 4.79 Å². The maximum absolute atomic E-state index is 12.2. The molecule has 2 rings (SSSR count). The Balaban J connectivity index is 1.95. The van der Waals surface area contributed by atoms with E-state index in [2.05, 4.69) is 36.4 Å². The number of hydrogen-bond donors (Lipinski definition) is 2. The molecular formula is C17H21BrN4O. The topological polar surface area (TPSA) is 57.3 Å². The zero-order valence-corrected chi connectivity index (χ0v) is 15.1. The van der Waals surface area contributed by atoms with Gasteiger partial charge in [0, 0.05) is 23.2 Å². The van der Waals surface area contributed by atoms with Gasteiger partial charge in [-0.3, -0.25) is 4.79 Å². The Kier molecular flexibility index (Phi) is 6.12. The van der Waals surface area contributed by atoms with E-state index < -0.39 is 0 Å². The number of aromatic nitrogens is 1. The highest BCUT2D eigenvalue weighted by molar-refractivity contribution is 9.10. The number of anilines is 2. The summed E-state index contributed by atoms with van der Waals surface area (Å²) in [7, 11) is 4.05. The molecule has 0 bridgehead atoms. The van der Waals surface area contributed by atoms with Crippen LogP contribution in [0.25, 0.3) is 0 Å². The van der Waals surface area contributed by atoms with Crippen molar-refractivity contribution >= 4 is 33.2 Å². The highest BCUT2D eigenvalue weighted by Gasteiger charge is 2.08. The van der Waals surface area contributed by atoms with Crippen molar-refractivity contribution in [2.45, 2.75) is 6.92 Å². The van der Waals surface area contributed by atoms with E-state index in [4.69, 9.17) is 0 Å². The van der Waals surface area contributed by atoms with Crippen LogP contribution in [-0.2, 0) is 0 Å². The molecule has 5 nitrogen and oxygen atoms in total. The fraction of sp³-hybridized carbons (Fsp3) is 0.294. The summed E-state index contributed by atoms with van der Waals surface area (Å²) in [5, 5.41) is 6.11. The zero-order chi connectivity index (χ0) is 16.8. The Morgan fingerprint density at radius 3 is 2.57 bits per heavy atom. The molecule has 122 valence electrons. The van der Waals surface area contributed by atoms with Crippen molar-refractivity contribution in [3.05, 3.63) is 52.3 Å². The fourth-order valence-corrected chi connectivity index (χ4v) is 2.30. The first-order valence-corrected chi connectivity index (χ1v) is 8.17. The van der Waals surface area contributed by atoms with E-state index in [1.807, 2.05) is 45.3 Å². The molecule has 0 aliphatic heterocycles. The van der Waals surface area contributed by atoms with E-state index in [0.717, 1.165) is 34.5 Å². The number of carbonyl (C=O) groups is 1. The quantitative estimate of drug-likeness (QED) is 0.811. The summed E-state index contributed by atoms with van der Waals surface area (Å²) in [6, 6.07) is 9.28. The maximum Gasteiger partial charge on any atom is 0.274 e. The Bertz CT molecular complexity index is 671. The van der Waals surface area contributed by atoms with E-state index in [0.29, 0.717) is 5.69 Å². The highest BCUT2D eigenvalue weighted by Crippen LogP contribution is 2.21. The number of carbonyl (C=O) groups excluding carboxylic acids is 1. The second-order valence-corrected chi connectivity index (χ2v) is 6.43. The number of amides is 1. The molecule has 1 heterocycles. The number of likely N-dealkylation sites (N-methyl/N-ethyl adjacent to an activating group) is 1. The summed E-state index contributed by atoms with van der Waals surface area (Å²) in [6.45, 7) is 3.77. The van der Waals surface area contributed by atoms with E-state index in [-0.39, 0.29) is 5.91 Å². The van der Waals surface area contributed by atoms with Crippen LogP contribution in [0.1, 0.15) is 16.1 Å². The lowest BCUT2D eigenvalue weighted by molar-refractivity contribution is 0.102. The summed E-state index contributed by atoms with van der Waals surface area (Å²) in [5.74, 6) is -0.222. The first kappa shape index (κ1) is 17.4. The Morgan fingerprint density at radius 2 is 1.96 bits per heavy atom. The predicted molar refractivity (Wildman–Crippen MR) is 98.1 cm³/mol. The van der Waals surface area contributed by atoms with Gasteiger partial charge >= 0.3 is 0 Å². The average Bonchev–Trinajstić information content (AvgIpc) is 2.51. The van der Waals surface area contributed by atoms with Gasteiger partial charge in [0.1, 0.15) is 5.69 Å². The molecule has 0 atom stereocenters. The van der Waals surface area contributed by atoms with Gasteiger partial charge in [0.15, 0.2) is 0 Å². The van der Waals surface area contributed by atoms with Crippen molar-refractivity contribution in [3.63, 3.8) is 0 Å². The van der Waals surface area contributed by atoms with E-state index in [1.54, 1.807) is 12.3 Å². The van der Waals surface area contributed by atoms with E-state index in [9.17, 15) is 4.79 Å². The van der Waals surface area contributed by atoms with Gasteiger partial charge in [0.05, 0.1) is 11.9 Å². The molecule has 1 aromatic heterocycles. The van der Waals surface area contributed by atoms with Gasteiger partial charge in [-0.2, -0.15) is 0 Å². The molecule has 0 saturated carbocycles. The third-order valence-corrected chi connectivity index (χ3v) is 4.17. The second kappa shape index (κ2) is 8.08. The number of pyridine rings is 1. The molecule has 0 unspecified atom stereocenters. The Morgan fingerprint density at radius 1 is 1.22 bits per heavy atom.